The third-order valence-corrected chi connectivity index (χ3v) is 2.51. The number of ether oxygens (including phenoxy) is 1. The maximum Gasteiger partial charge on any atom is 0.309 e. The van der Waals surface area contributed by atoms with E-state index >= 15 is 0 Å². The van der Waals surface area contributed by atoms with Gasteiger partial charge >= 0.3 is 5.97 Å². The maximum absolute atomic E-state index is 11.1. The number of rotatable bonds is 2. The molecule has 0 amide bonds. The lowest BCUT2D eigenvalue weighted by Crippen LogP contribution is -2.04. The first-order chi connectivity index (χ1) is 7.69. The Morgan fingerprint density at radius 2 is 2.19 bits per heavy atom. The van der Waals surface area contributed by atoms with Crippen molar-refractivity contribution >= 4 is 28.5 Å². The second-order valence-electron chi connectivity index (χ2n) is 3.41. The van der Waals surface area contributed by atoms with Gasteiger partial charge in [-0.25, -0.2) is 4.98 Å². The highest BCUT2D eigenvalue weighted by atomic mass is 35.5. The Morgan fingerprint density at radius 3 is 2.94 bits per heavy atom. The molecule has 1 heterocycles. The topological polar surface area (TPSA) is 39.2 Å². The Bertz CT molecular complexity index is 540. The van der Waals surface area contributed by atoms with Gasteiger partial charge in [0.2, 0.25) is 0 Å². The minimum atomic E-state index is -0.249. The summed E-state index contributed by atoms with van der Waals surface area (Å²) in [6.07, 6.45) is 0.273. The van der Waals surface area contributed by atoms with Gasteiger partial charge in [0.1, 0.15) is 5.15 Å². The normalized spacial score (nSPS) is 10.4. The van der Waals surface area contributed by atoms with E-state index in [0.717, 1.165) is 16.5 Å². The first-order valence-corrected chi connectivity index (χ1v) is 5.19. The van der Waals surface area contributed by atoms with Crippen molar-refractivity contribution in [3.63, 3.8) is 0 Å². The number of carbonyl (C=O) groups is 1. The molecule has 3 nitrogen and oxygen atoms in total. The first-order valence-electron chi connectivity index (χ1n) is 4.81. The molecule has 0 radical (unpaired) electrons. The van der Waals surface area contributed by atoms with Gasteiger partial charge in [0.25, 0.3) is 0 Å². The predicted octanol–water partition coefficient (Wildman–Crippen LogP) is 2.60. The van der Waals surface area contributed by atoms with Crippen LogP contribution in [0.2, 0.25) is 5.15 Å². The molecule has 0 N–H and O–H groups in total. The molecule has 0 unspecified atom stereocenters. The third-order valence-electron chi connectivity index (χ3n) is 2.30. The number of fused-ring (bicyclic) bond motifs is 1. The average molecular weight is 236 g/mol. The number of nitrogens with zero attached hydrogens (tertiary/aromatic N) is 1. The number of pyridine rings is 1. The Balaban J connectivity index is 2.37. The van der Waals surface area contributed by atoms with Crippen molar-refractivity contribution in [3.05, 3.63) is 41.0 Å². The van der Waals surface area contributed by atoms with Crippen LogP contribution in [-0.2, 0) is 16.0 Å². The van der Waals surface area contributed by atoms with E-state index < -0.39 is 0 Å². The van der Waals surface area contributed by atoms with Crippen LogP contribution in [0.25, 0.3) is 10.9 Å². The quantitative estimate of drug-likeness (QED) is 0.593. The average Bonchev–Trinajstić information content (AvgIpc) is 2.29. The molecule has 82 valence electrons. The Labute approximate surface area is 98.0 Å². The summed E-state index contributed by atoms with van der Waals surface area (Å²) in [7, 11) is 1.38. The van der Waals surface area contributed by atoms with Gasteiger partial charge in [-0.1, -0.05) is 17.7 Å². The number of hydrogen-bond donors (Lipinski definition) is 0. The zero-order chi connectivity index (χ0) is 11.5. The van der Waals surface area contributed by atoms with E-state index in [2.05, 4.69) is 9.72 Å². The van der Waals surface area contributed by atoms with Gasteiger partial charge in [-0.3, -0.25) is 4.79 Å². The van der Waals surface area contributed by atoms with Gasteiger partial charge in [-0.15, -0.1) is 0 Å². The molecule has 0 bridgehead atoms. The van der Waals surface area contributed by atoms with E-state index in [4.69, 9.17) is 11.6 Å². The minimum absolute atomic E-state index is 0.249. The molecule has 16 heavy (non-hydrogen) atoms. The monoisotopic (exact) mass is 235 g/mol. The molecule has 0 spiro atoms. The maximum atomic E-state index is 11.1. The van der Waals surface area contributed by atoms with Crippen LogP contribution in [0.1, 0.15) is 5.56 Å². The lowest BCUT2D eigenvalue weighted by atomic mass is 10.1. The molecule has 1 aromatic carbocycles. The fraction of sp³-hybridized carbons (Fsp3) is 0.167. The lowest BCUT2D eigenvalue weighted by Gasteiger charge is -2.02. The highest BCUT2D eigenvalue weighted by Gasteiger charge is 2.04. The molecule has 0 aliphatic heterocycles. The number of benzene rings is 1. The summed E-state index contributed by atoms with van der Waals surface area (Å²) >= 11 is 5.78. The second kappa shape index (κ2) is 4.49. The number of methoxy groups -OCH3 is 1. The molecule has 0 fully saturated rings. The summed E-state index contributed by atoms with van der Waals surface area (Å²) < 4.78 is 4.61. The summed E-state index contributed by atoms with van der Waals surface area (Å²) in [5.74, 6) is -0.249. The van der Waals surface area contributed by atoms with Crippen LogP contribution in [0.3, 0.4) is 0 Å². The van der Waals surface area contributed by atoms with Crippen molar-refractivity contribution < 1.29 is 9.53 Å². The zero-order valence-corrected chi connectivity index (χ0v) is 9.49. The van der Waals surface area contributed by atoms with E-state index in [1.54, 1.807) is 6.07 Å². The molecule has 0 atom stereocenters. The highest BCUT2D eigenvalue weighted by Crippen LogP contribution is 2.17. The lowest BCUT2D eigenvalue weighted by molar-refractivity contribution is -0.139. The summed E-state index contributed by atoms with van der Waals surface area (Å²) in [5.41, 5.74) is 1.73. The first kappa shape index (κ1) is 10.9. The summed E-state index contributed by atoms with van der Waals surface area (Å²) in [4.78, 5) is 15.3. The molecule has 0 aliphatic carbocycles. The van der Waals surface area contributed by atoms with Crippen molar-refractivity contribution in [2.45, 2.75) is 6.42 Å². The van der Waals surface area contributed by atoms with Crippen LogP contribution in [0.4, 0.5) is 0 Å². The standard InChI is InChI=1S/C12H10ClNO2/c1-16-12(15)7-8-2-4-10-9(6-8)3-5-11(13)14-10/h2-6H,7H2,1H3. The van der Waals surface area contributed by atoms with Crippen molar-refractivity contribution in [2.24, 2.45) is 0 Å². The van der Waals surface area contributed by atoms with Crippen LogP contribution in [-0.4, -0.2) is 18.1 Å². The molecule has 0 aliphatic rings. The molecular formula is C12H10ClNO2. The number of aromatic nitrogens is 1. The van der Waals surface area contributed by atoms with Crippen LogP contribution in [0, 0.1) is 0 Å². The fourth-order valence-electron chi connectivity index (χ4n) is 1.50. The molecule has 4 heteroatoms. The van der Waals surface area contributed by atoms with Gasteiger partial charge < -0.3 is 4.74 Å². The van der Waals surface area contributed by atoms with Crippen LogP contribution in [0.5, 0.6) is 0 Å². The highest BCUT2D eigenvalue weighted by molar-refractivity contribution is 6.29. The van der Waals surface area contributed by atoms with Crippen molar-refractivity contribution in [1.29, 1.82) is 0 Å². The van der Waals surface area contributed by atoms with E-state index in [-0.39, 0.29) is 12.4 Å². The SMILES string of the molecule is COC(=O)Cc1ccc2nc(Cl)ccc2c1. The number of carbonyl (C=O) groups excluding carboxylic acids is 1. The molecule has 2 aromatic rings. The zero-order valence-electron chi connectivity index (χ0n) is 8.74. The Hall–Kier alpha value is -1.61. The van der Waals surface area contributed by atoms with Crippen molar-refractivity contribution in [2.75, 3.05) is 7.11 Å². The molecule has 0 saturated heterocycles. The largest absolute Gasteiger partial charge is 0.469 e. The smallest absolute Gasteiger partial charge is 0.309 e. The van der Waals surface area contributed by atoms with Gasteiger partial charge in [0.05, 0.1) is 19.0 Å². The molecule has 1 aromatic heterocycles. The van der Waals surface area contributed by atoms with Gasteiger partial charge in [0.15, 0.2) is 0 Å². The summed E-state index contributed by atoms with van der Waals surface area (Å²) in [6, 6.07) is 9.22. The van der Waals surface area contributed by atoms with Gasteiger partial charge in [-0.05, 0) is 29.8 Å². The summed E-state index contributed by atoms with van der Waals surface area (Å²) in [5, 5.41) is 1.43. The minimum Gasteiger partial charge on any atom is -0.469 e. The predicted molar refractivity (Wildman–Crippen MR) is 62.5 cm³/mol. The molecule has 0 saturated carbocycles. The van der Waals surface area contributed by atoms with Crippen LogP contribution < -0.4 is 0 Å². The Morgan fingerprint density at radius 1 is 1.38 bits per heavy atom. The Kier molecular flexibility index (Phi) is 3.06. The van der Waals surface area contributed by atoms with E-state index in [1.807, 2.05) is 24.3 Å². The second-order valence-corrected chi connectivity index (χ2v) is 3.80. The molecule has 2 rings (SSSR count). The summed E-state index contributed by atoms with van der Waals surface area (Å²) in [6.45, 7) is 0. The van der Waals surface area contributed by atoms with E-state index in [1.165, 1.54) is 7.11 Å². The van der Waals surface area contributed by atoms with Crippen molar-refractivity contribution in [1.82, 2.24) is 4.98 Å². The van der Waals surface area contributed by atoms with Gasteiger partial charge in [-0.2, -0.15) is 0 Å². The number of hydrogen-bond acceptors (Lipinski definition) is 3. The third kappa shape index (κ3) is 2.31. The van der Waals surface area contributed by atoms with Crippen LogP contribution in [0.15, 0.2) is 30.3 Å². The molecular weight excluding hydrogens is 226 g/mol. The van der Waals surface area contributed by atoms with Gasteiger partial charge in [0, 0.05) is 5.39 Å². The number of halogens is 1. The van der Waals surface area contributed by atoms with E-state index in [0.29, 0.717) is 5.15 Å². The number of esters is 1. The fourth-order valence-corrected chi connectivity index (χ4v) is 1.65. The van der Waals surface area contributed by atoms with Crippen LogP contribution >= 0.6 is 11.6 Å². The van der Waals surface area contributed by atoms with E-state index in [9.17, 15) is 4.79 Å². The van der Waals surface area contributed by atoms with Crippen molar-refractivity contribution in [3.8, 4) is 0 Å².